The third-order valence-corrected chi connectivity index (χ3v) is 4.94. The Bertz CT molecular complexity index is 607. The van der Waals surface area contributed by atoms with Crippen LogP contribution in [0.3, 0.4) is 0 Å². The van der Waals surface area contributed by atoms with Crippen LogP contribution >= 0.6 is 11.6 Å². The molecule has 0 radical (unpaired) electrons. The second-order valence-corrected chi connectivity index (χ2v) is 7.19. The predicted molar refractivity (Wildman–Crippen MR) is 99.6 cm³/mol. The quantitative estimate of drug-likeness (QED) is 0.817. The Kier molecular flexibility index (Phi) is 7.14. The van der Waals surface area contributed by atoms with Gasteiger partial charge in [0.05, 0.1) is 25.9 Å². The molecule has 2 heterocycles. The van der Waals surface area contributed by atoms with Crippen molar-refractivity contribution in [1.29, 1.82) is 0 Å². The van der Waals surface area contributed by atoms with Crippen LogP contribution in [-0.2, 0) is 20.8 Å². The molecule has 7 heteroatoms. The number of nitrogens with one attached hydrogen (secondary N) is 1. The highest BCUT2D eigenvalue weighted by Gasteiger charge is 2.23. The lowest BCUT2D eigenvalue weighted by atomic mass is 10.2. The van der Waals surface area contributed by atoms with E-state index < -0.39 is 0 Å². The first kappa shape index (κ1) is 19.4. The number of benzene rings is 1. The zero-order chi connectivity index (χ0) is 18.4. The molecule has 1 fully saturated rings. The highest BCUT2D eigenvalue weighted by atomic mass is 35.5. The monoisotopic (exact) mass is 382 g/mol. The molecule has 6 nitrogen and oxygen atoms in total. The van der Waals surface area contributed by atoms with Crippen molar-refractivity contribution in [3.8, 4) is 5.75 Å². The van der Waals surface area contributed by atoms with E-state index in [4.69, 9.17) is 25.8 Å². The molecule has 1 N–H and O–H groups in total. The molecule has 0 aliphatic carbocycles. The first-order valence-electron chi connectivity index (χ1n) is 9.27. The zero-order valence-corrected chi connectivity index (χ0v) is 16.0. The smallest absolute Gasteiger partial charge is 0.221 e. The summed E-state index contributed by atoms with van der Waals surface area (Å²) in [5, 5.41) is 3.62. The first-order chi connectivity index (χ1) is 12.6. The molecule has 1 aromatic carbocycles. The Morgan fingerprint density at radius 2 is 2.23 bits per heavy atom. The molecule has 0 bridgehead atoms. The van der Waals surface area contributed by atoms with E-state index in [1.165, 1.54) is 0 Å². The van der Waals surface area contributed by atoms with Gasteiger partial charge in [-0.1, -0.05) is 24.6 Å². The van der Waals surface area contributed by atoms with Gasteiger partial charge in [-0.05, 0) is 18.6 Å². The molecule has 26 heavy (non-hydrogen) atoms. The SMILES string of the molecule is CCC1CN(CCC(=O)NCC2COCCO2)Cc2ccc(Cl)cc2O1. The number of amides is 1. The van der Waals surface area contributed by atoms with Crippen LogP contribution in [0.2, 0.25) is 5.02 Å². The number of carbonyl (C=O) groups excluding carboxylic acids is 1. The van der Waals surface area contributed by atoms with Gasteiger partial charge in [-0.25, -0.2) is 0 Å². The van der Waals surface area contributed by atoms with E-state index in [-0.39, 0.29) is 18.1 Å². The summed E-state index contributed by atoms with van der Waals surface area (Å²) in [5.41, 5.74) is 1.11. The fourth-order valence-corrected chi connectivity index (χ4v) is 3.35. The van der Waals surface area contributed by atoms with Gasteiger partial charge in [-0.2, -0.15) is 0 Å². The van der Waals surface area contributed by atoms with Crippen LogP contribution < -0.4 is 10.1 Å². The molecule has 2 aliphatic heterocycles. The minimum atomic E-state index is -0.0413. The molecular formula is C19H27ClN2O4. The molecule has 144 valence electrons. The third kappa shape index (κ3) is 5.58. The Balaban J connectivity index is 1.50. The number of hydrogen-bond acceptors (Lipinski definition) is 5. The van der Waals surface area contributed by atoms with Gasteiger partial charge in [-0.15, -0.1) is 0 Å². The van der Waals surface area contributed by atoms with Gasteiger partial charge in [0.25, 0.3) is 0 Å². The van der Waals surface area contributed by atoms with Crippen molar-refractivity contribution >= 4 is 17.5 Å². The van der Waals surface area contributed by atoms with Crippen LogP contribution in [0.1, 0.15) is 25.3 Å². The predicted octanol–water partition coefficient (Wildman–Crippen LogP) is 2.23. The summed E-state index contributed by atoms with van der Waals surface area (Å²) in [4.78, 5) is 14.4. The average molecular weight is 383 g/mol. The second-order valence-electron chi connectivity index (χ2n) is 6.76. The largest absolute Gasteiger partial charge is 0.489 e. The van der Waals surface area contributed by atoms with Gasteiger partial charge in [0.15, 0.2) is 0 Å². The van der Waals surface area contributed by atoms with Crippen molar-refractivity contribution in [2.75, 3.05) is 39.5 Å². The summed E-state index contributed by atoms with van der Waals surface area (Å²) in [6, 6.07) is 5.76. The summed E-state index contributed by atoms with van der Waals surface area (Å²) in [6.07, 6.45) is 1.42. The molecule has 1 aromatic rings. The van der Waals surface area contributed by atoms with Crippen LogP contribution in [0.5, 0.6) is 5.75 Å². The molecule has 2 atom stereocenters. The molecule has 0 saturated carbocycles. The lowest BCUT2D eigenvalue weighted by molar-refractivity contribution is -0.124. The summed E-state index contributed by atoms with van der Waals surface area (Å²) >= 11 is 6.09. The van der Waals surface area contributed by atoms with E-state index >= 15 is 0 Å². The van der Waals surface area contributed by atoms with Crippen LogP contribution in [0.15, 0.2) is 18.2 Å². The Morgan fingerprint density at radius 1 is 1.35 bits per heavy atom. The summed E-state index contributed by atoms with van der Waals surface area (Å²) < 4.78 is 17.0. The van der Waals surface area contributed by atoms with E-state index in [9.17, 15) is 4.79 Å². The maximum Gasteiger partial charge on any atom is 0.221 e. The van der Waals surface area contributed by atoms with Crippen molar-refractivity contribution < 1.29 is 19.0 Å². The van der Waals surface area contributed by atoms with Crippen molar-refractivity contribution in [1.82, 2.24) is 10.2 Å². The minimum Gasteiger partial charge on any atom is -0.489 e. The Morgan fingerprint density at radius 3 is 3.00 bits per heavy atom. The molecule has 3 rings (SSSR count). The number of hydrogen-bond donors (Lipinski definition) is 1. The molecular weight excluding hydrogens is 356 g/mol. The molecule has 0 spiro atoms. The van der Waals surface area contributed by atoms with Crippen LogP contribution in [0, 0.1) is 0 Å². The van der Waals surface area contributed by atoms with Crippen LogP contribution in [-0.4, -0.2) is 62.5 Å². The normalized spacial score (nSPS) is 23.6. The van der Waals surface area contributed by atoms with Crippen LogP contribution in [0.25, 0.3) is 0 Å². The fraction of sp³-hybridized carbons (Fsp3) is 0.632. The van der Waals surface area contributed by atoms with Gasteiger partial charge >= 0.3 is 0 Å². The molecule has 2 unspecified atom stereocenters. The number of halogens is 1. The van der Waals surface area contributed by atoms with Gasteiger partial charge in [0.1, 0.15) is 11.9 Å². The summed E-state index contributed by atoms with van der Waals surface area (Å²) in [5.74, 6) is 0.888. The van der Waals surface area contributed by atoms with Crippen molar-refractivity contribution in [2.45, 2.75) is 38.5 Å². The molecule has 0 aromatic heterocycles. The topological polar surface area (TPSA) is 60.0 Å². The molecule has 1 saturated heterocycles. The second kappa shape index (κ2) is 9.55. The van der Waals surface area contributed by atoms with Gasteiger partial charge in [0, 0.05) is 43.2 Å². The summed E-state index contributed by atoms with van der Waals surface area (Å²) in [6.45, 7) is 6.63. The molecule has 2 aliphatic rings. The number of carbonyl (C=O) groups is 1. The summed E-state index contributed by atoms with van der Waals surface area (Å²) in [7, 11) is 0. The highest BCUT2D eigenvalue weighted by molar-refractivity contribution is 6.30. The van der Waals surface area contributed by atoms with Gasteiger partial charge in [0.2, 0.25) is 5.91 Å². The van der Waals surface area contributed by atoms with Crippen LogP contribution in [0.4, 0.5) is 0 Å². The van der Waals surface area contributed by atoms with E-state index in [0.717, 1.165) is 30.8 Å². The van der Waals surface area contributed by atoms with E-state index in [2.05, 4.69) is 17.1 Å². The van der Waals surface area contributed by atoms with Gasteiger partial charge < -0.3 is 19.5 Å². The Labute approximate surface area is 159 Å². The van der Waals surface area contributed by atoms with E-state index in [0.29, 0.717) is 44.4 Å². The minimum absolute atomic E-state index is 0.0358. The molecule has 1 amide bonds. The van der Waals surface area contributed by atoms with E-state index in [1.54, 1.807) is 0 Å². The maximum absolute atomic E-state index is 12.2. The fourth-order valence-electron chi connectivity index (χ4n) is 3.19. The number of nitrogens with zero attached hydrogens (tertiary/aromatic N) is 1. The Hall–Kier alpha value is -1.34. The average Bonchev–Trinajstić information content (AvgIpc) is 2.84. The number of rotatable bonds is 6. The highest BCUT2D eigenvalue weighted by Crippen LogP contribution is 2.29. The maximum atomic E-state index is 12.2. The standard InChI is InChI=1S/C19H27ClN2O4/c1-2-16-12-22(11-14-3-4-15(20)9-18(14)26-16)6-5-19(23)21-10-17-13-24-7-8-25-17/h3-4,9,16-17H,2,5-8,10-13H2,1H3,(H,21,23). The zero-order valence-electron chi connectivity index (χ0n) is 15.2. The number of fused-ring (bicyclic) bond motifs is 1. The third-order valence-electron chi connectivity index (χ3n) is 4.70. The van der Waals surface area contributed by atoms with Crippen molar-refractivity contribution in [2.24, 2.45) is 0 Å². The lowest BCUT2D eigenvalue weighted by Gasteiger charge is -2.24. The number of ether oxygens (including phenoxy) is 3. The van der Waals surface area contributed by atoms with Gasteiger partial charge in [-0.3, -0.25) is 9.69 Å². The van der Waals surface area contributed by atoms with Crippen molar-refractivity contribution in [3.63, 3.8) is 0 Å². The van der Waals surface area contributed by atoms with Crippen molar-refractivity contribution in [3.05, 3.63) is 28.8 Å². The van der Waals surface area contributed by atoms with E-state index in [1.807, 2.05) is 18.2 Å². The lowest BCUT2D eigenvalue weighted by Crippen LogP contribution is -2.41. The first-order valence-corrected chi connectivity index (χ1v) is 9.65.